The predicted molar refractivity (Wildman–Crippen MR) is 86.1 cm³/mol. The SMILES string of the molecule is COc1ccc(Cl)cc1NC(=O)CN1C(C)CCCC1C. The lowest BCUT2D eigenvalue weighted by Gasteiger charge is -2.38. The van der Waals surface area contributed by atoms with Gasteiger partial charge in [-0.05, 0) is 44.9 Å². The van der Waals surface area contributed by atoms with Crippen LogP contribution in [-0.2, 0) is 4.79 Å². The summed E-state index contributed by atoms with van der Waals surface area (Å²) in [4.78, 5) is 14.6. The van der Waals surface area contributed by atoms with E-state index in [0.717, 1.165) is 12.8 Å². The number of nitrogens with one attached hydrogen (secondary N) is 1. The number of anilines is 1. The molecule has 116 valence electrons. The smallest absolute Gasteiger partial charge is 0.238 e. The monoisotopic (exact) mass is 310 g/mol. The van der Waals surface area contributed by atoms with Crippen molar-refractivity contribution in [3.63, 3.8) is 0 Å². The van der Waals surface area contributed by atoms with Crippen molar-refractivity contribution in [1.29, 1.82) is 0 Å². The Morgan fingerprint density at radius 2 is 2.05 bits per heavy atom. The molecule has 1 heterocycles. The maximum atomic E-state index is 12.3. The number of rotatable bonds is 4. The summed E-state index contributed by atoms with van der Waals surface area (Å²) in [5.74, 6) is 0.587. The molecule has 1 N–H and O–H groups in total. The number of likely N-dealkylation sites (tertiary alicyclic amines) is 1. The fourth-order valence-electron chi connectivity index (χ4n) is 2.92. The van der Waals surface area contributed by atoms with Gasteiger partial charge in [0.05, 0.1) is 19.3 Å². The molecular formula is C16H23ClN2O2. The van der Waals surface area contributed by atoms with Crippen LogP contribution in [0.5, 0.6) is 5.75 Å². The van der Waals surface area contributed by atoms with Gasteiger partial charge in [-0.25, -0.2) is 0 Å². The van der Waals surface area contributed by atoms with E-state index in [1.54, 1.807) is 25.3 Å². The third kappa shape index (κ3) is 4.11. The molecule has 0 bridgehead atoms. The van der Waals surface area contributed by atoms with E-state index >= 15 is 0 Å². The zero-order chi connectivity index (χ0) is 15.4. The maximum Gasteiger partial charge on any atom is 0.238 e. The fourth-order valence-corrected chi connectivity index (χ4v) is 3.09. The molecule has 0 spiro atoms. The highest BCUT2D eigenvalue weighted by Gasteiger charge is 2.26. The topological polar surface area (TPSA) is 41.6 Å². The predicted octanol–water partition coefficient (Wildman–Crippen LogP) is 3.55. The molecule has 2 rings (SSSR count). The minimum absolute atomic E-state index is 0.0313. The molecule has 0 aliphatic carbocycles. The van der Waals surface area contributed by atoms with Crippen molar-refractivity contribution in [3.05, 3.63) is 23.2 Å². The lowest BCUT2D eigenvalue weighted by atomic mass is 9.97. The highest BCUT2D eigenvalue weighted by atomic mass is 35.5. The third-order valence-electron chi connectivity index (χ3n) is 4.14. The van der Waals surface area contributed by atoms with Gasteiger partial charge in [0.1, 0.15) is 5.75 Å². The Labute approximate surface area is 131 Å². The molecule has 1 aromatic rings. The fraction of sp³-hybridized carbons (Fsp3) is 0.562. The quantitative estimate of drug-likeness (QED) is 0.924. The summed E-state index contributed by atoms with van der Waals surface area (Å²) in [6.45, 7) is 4.77. The molecule has 1 amide bonds. The Balaban J connectivity index is 2.03. The Morgan fingerprint density at radius 1 is 1.38 bits per heavy atom. The highest BCUT2D eigenvalue weighted by Crippen LogP contribution is 2.28. The minimum atomic E-state index is -0.0313. The second kappa shape index (κ2) is 7.14. The first-order valence-corrected chi connectivity index (χ1v) is 7.78. The van der Waals surface area contributed by atoms with Crippen molar-refractivity contribution in [3.8, 4) is 5.75 Å². The number of benzene rings is 1. The second-order valence-electron chi connectivity index (χ2n) is 5.69. The first kappa shape index (κ1) is 16.1. The number of halogens is 1. The first-order valence-electron chi connectivity index (χ1n) is 7.40. The molecule has 5 heteroatoms. The van der Waals surface area contributed by atoms with Crippen LogP contribution in [0.4, 0.5) is 5.69 Å². The van der Waals surface area contributed by atoms with Crippen molar-refractivity contribution in [2.45, 2.75) is 45.2 Å². The van der Waals surface area contributed by atoms with E-state index in [4.69, 9.17) is 16.3 Å². The summed E-state index contributed by atoms with van der Waals surface area (Å²) in [5.41, 5.74) is 0.618. The molecule has 0 aromatic heterocycles. The van der Waals surface area contributed by atoms with E-state index < -0.39 is 0 Å². The summed E-state index contributed by atoms with van der Waals surface area (Å²) in [5, 5.41) is 3.48. The van der Waals surface area contributed by atoms with Gasteiger partial charge in [-0.3, -0.25) is 9.69 Å². The highest BCUT2D eigenvalue weighted by molar-refractivity contribution is 6.31. The van der Waals surface area contributed by atoms with Gasteiger partial charge in [-0.2, -0.15) is 0 Å². The Bertz CT molecular complexity index is 497. The normalized spacial score (nSPS) is 22.9. The van der Waals surface area contributed by atoms with Gasteiger partial charge in [0.2, 0.25) is 5.91 Å². The largest absolute Gasteiger partial charge is 0.495 e. The maximum absolute atomic E-state index is 12.3. The molecule has 1 saturated heterocycles. The standard InChI is InChI=1S/C16H23ClN2O2/c1-11-5-4-6-12(2)19(11)10-16(20)18-14-9-13(17)7-8-15(14)21-3/h7-9,11-12H,4-6,10H2,1-3H3,(H,18,20). The van der Waals surface area contributed by atoms with E-state index in [1.807, 2.05) is 0 Å². The number of hydrogen-bond acceptors (Lipinski definition) is 3. The molecule has 2 unspecified atom stereocenters. The number of amides is 1. The van der Waals surface area contributed by atoms with Crippen molar-refractivity contribution >= 4 is 23.2 Å². The number of hydrogen-bond donors (Lipinski definition) is 1. The van der Waals surface area contributed by atoms with E-state index in [2.05, 4.69) is 24.1 Å². The van der Waals surface area contributed by atoms with Crippen LogP contribution in [0, 0.1) is 0 Å². The van der Waals surface area contributed by atoms with E-state index in [0.29, 0.717) is 35.1 Å². The molecule has 2 atom stereocenters. The molecule has 0 radical (unpaired) electrons. The summed E-state index contributed by atoms with van der Waals surface area (Å²) in [6, 6.07) is 6.09. The Kier molecular flexibility index (Phi) is 5.48. The van der Waals surface area contributed by atoms with Gasteiger partial charge in [0, 0.05) is 17.1 Å². The summed E-state index contributed by atoms with van der Waals surface area (Å²) in [7, 11) is 1.58. The molecular weight excluding hydrogens is 288 g/mol. The molecule has 4 nitrogen and oxygen atoms in total. The number of carbonyl (C=O) groups excluding carboxylic acids is 1. The average Bonchev–Trinajstić information content (AvgIpc) is 2.43. The van der Waals surface area contributed by atoms with Crippen molar-refractivity contribution < 1.29 is 9.53 Å². The Hall–Kier alpha value is -1.26. The summed E-state index contributed by atoms with van der Waals surface area (Å²) in [6.07, 6.45) is 3.54. The number of carbonyl (C=O) groups is 1. The zero-order valence-electron chi connectivity index (χ0n) is 12.9. The number of ether oxygens (including phenoxy) is 1. The second-order valence-corrected chi connectivity index (χ2v) is 6.13. The Morgan fingerprint density at radius 3 is 2.67 bits per heavy atom. The lowest BCUT2D eigenvalue weighted by Crippen LogP contribution is -2.47. The van der Waals surface area contributed by atoms with Crippen LogP contribution in [0.25, 0.3) is 0 Å². The van der Waals surface area contributed by atoms with E-state index in [-0.39, 0.29) is 5.91 Å². The van der Waals surface area contributed by atoms with Crippen LogP contribution in [0.3, 0.4) is 0 Å². The molecule has 1 aliphatic rings. The van der Waals surface area contributed by atoms with E-state index in [9.17, 15) is 4.79 Å². The van der Waals surface area contributed by atoms with Crippen LogP contribution >= 0.6 is 11.6 Å². The third-order valence-corrected chi connectivity index (χ3v) is 4.37. The van der Waals surface area contributed by atoms with Gasteiger partial charge >= 0.3 is 0 Å². The van der Waals surface area contributed by atoms with Crippen LogP contribution in [0.1, 0.15) is 33.1 Å². The van der Waals surface area contributed by atoms with Crippen LogP contribution in [0.15, 0.2) is 18.2 Å². The molecule has 0 saturated carbocycles. The number of nitrogens with zero attached hydrogens (tertiary/aromatic N) is 1. The summed E-state index contributed by atoms with van der Waals surface area (Å²) < 4.78 is 5.25. The number of methoxy groups -OCH3 is 1. The average molecular weight is 311 g/mol. The van der Waals surface area contributed by atoms with Gasteiger partial charge < -0.3 is 10.1 Å². The lowest BCUT2D eigenvalue weighted by molar-refractivity contribution is -0.118. The van der Waals surface area contributed by atoms with Crippen molar-refractivity contribution in [2.24, 2.45) is 0 Å². The molecule has 1 fully saturated rings. The zero-order valence-corrected chi connectivity index (χ0v) is 13.6. The van der Waals surface area contributed by atoms with Crippen molar-refractivity contribution in [1.82, 2.24) is 4.90 Å². The van der Waals surface area contributed by atoms with Gasteiger partial charge in [0.25, 0.3) is 0 Å². The van der Waals surface area contributed by atoms with Crippen LogP contribution in [0.2, 0.25) is 5.02 Å². The van der Waals surface area contributed by atoms with Gasteiger partial charge in [-0.1, -0.05) is 18.0 Å². The van der Waals surface area contributed by atoms with Crippen LogP contribution < -0.4 is 10.1 Å². The van der Waals surface area contributed by atoms with Crippen LogP contribution in [-0.4, -0.2) is 36.5 Å². The molecule has 1 aliphatic heterocycles. The molecule has 21 heavy (non-hydrogen) atoms. The number of piperidine rings is 1. The van der Waals surface area contributed by atoms with E-state index in [1.165, 1.54) is 6.42 Å². The first-order chi connectivity index (χ1) is 10.0. The van der Waals surface area contributed by atoms with Crippen molar-refractivity contribution in [2.75, 3.05) is 19.0 Å². The minimum Gasteiger partial charge on any atom is -0.495 e. The van der Waals surface area contributed by atoms with Gasteiger partial charge in [-0.15, -0.1) is 0 Å². The van der Waals surface area contributed by atoms with Gasteiger partial charge in [0.15, 0.2) is 0 Å². The molecule has 1 aromatic carbocycles. The summed E-state index contributed by atoms with van der Waals surface area (Å²) >= 11 is 5.98.